The van der Waals surface area contributed by atoms with Crippen LogP contribution in [0.5, 0.6) is 5.75 Å². The molecule has 112 valence electrons. The standard InChI is InChI=1S/C19H25NO/c1-4-19(15-20-2,17-11-6-5-7-12-17)14-16-10-8-9-13-18(16)21-3/h5-13,20H,4,14-15H2,1-3H3. The number of nitrogens with one attached hydrogen (secondary N) is 1. The summed E-state index contributed by atoms with van der Waals surface area (Å²) in [6.45, 7) is 3.21. The van der Waals surface area contributed by atoms with Crippen LogP contribution in [-0.2, 0) is 11.8 Å². The lowest BCUT2D eigenvalue weighted by molar-refractivity contribution is 0.371. The van der Waals surface area contributed by atoms with Crippen molar-refractivity contribution in [1.29, 1.82) is 0 Å². The highest BCUT2D eigenvalue weighted by Crippen LogP contribution is 2.34. The van der Waals surface area contributed by atoms with Gasteiger partial charge in [-0.15, -0.1) is 0 Å². The quantitative estimate of drug-likeness (QED) is 0.834. The van der Waals surface area contributed by atoms with Crippen LogP contribution in [0.25, 0.3) is 0 Å². The summed E-state index contributed by atoms with van der Waals surface area (Å²) in [6.07, 6.45) is 2.05. The summed E-state index contributed by atoms with van der Waals surface area (Å²) in [5, 5.41) is 3.37. The number of para-hydroxylation sites is 1. The van der Waals surface area contributed by atoms with Gasteiger partial charge < -0.3 is 10.1 Å². The van der Waals surface area contributed by atoms with Crippen LogP contribution in [0.1, 0.15) is 24.5 Å². The van der Waals surface area contributed by atoms with E-state index in [2.05, 4.69) is 54.7 Å². The zero-order valence-electron chi connectivity index (χ0n) is 13.2. The predicted molar refractivity (Wildman–Crippen MR) is 89.0 cm³/mol. The Balaban J connectivity index is 2.41. The molecule has 2 rings (SSSR count). The molecule has 0 aliphatic carbocycles. The van der Waals surface area contributed by atoms with E-state index in [4.69, 9.17) is 4.74 Å². The molecule has 0 bridgehead atoms. The molecular formula is C19H25NO. The smallest absolute Gasteiger partial charge is 0.122 e. The first-order valence-corrected chi connectivity index (χ1v) is 7.58. The molecule has 0 aliphatic rings. The Hall–Kier alpha value is -1.80. The van der Waals surface area contributed by atoms with Crippen LogP contribution >= 0.6 is 0 Å². The molecule has 0 amide bonds. The second kappa shape index (κ2) is 7.28. The maximum Gasteiger partial charge on any atom is 0.122 e. The van der Waals surface area contributed by atoms with E-state index >= 15 is 0 Å². The molecule has 1 N–H and O–H groups in total. The first-order valence-electron chi connectivity index (χ1n) is 7.58. The highest BCUT2D eigenvalue weighted by atomic mass is 16.5. The SMILES string of the molecule is CCC(CNC)(Cc1ccccc1OC)c1ccccc1. The molecule has 2 aromatic carbocycles. The Morgan fingerprint density at radius 3 is 2.29 bits per heavy atom. The molecule has 0 spiro atoms. The predicted octanol–water partition coefficient (Wildman–Crippen LogP) is 3.81. The van der Waals surface area contributed by atoms with Gasteiger partial charge in [-0.05, 0) is 37.1 Å². The van der Waals surface area contributed by atoms with E-state index in [1.807, 2.05) is 19.2 Å². The molecule has 0 fully saturated rings. The maximum atomic E-state index is 5.53. The zero-order chi connectivity index (χ0) is 15.1. The first kappa shape index (κ1) is 15.6. The summed E-state index contributed by atoms with van der Waals surface area (Å²) in [7, 11) is 3.77. The number of benzene rings is 2. The van der Waals surface area contributed by atoms with Crippen molar-refractivity contribution >= 4 is 0 Å². The lowest BCUT2D eigenvalue weighted by Gasteiger charge is -2.34. The van der Waals surface area contributed by atoms with Crippen LogP contribution in [-0.4, -0.2) is 20.7 Å². The van der Waals surface area contributed by atoms with Gasteiger partial charge in [0.2, 0.25) is 0 Å². The summed E-state index contributed by atoms with van der Waals surface area (Å²) in [5.41, 5.74) is 2.73. The van der Waals surface area contributed by atoms with Gasteiger partial charge in [0.15, 0.2) is 0 Å². The Morgan fingerprint density at radius 1 is 1.00 bits per heavy atom. The number of ether oxygens (including phenoxy) is 1. The van der Waals surface area contributed by atoms with Crippen molar-refractivity contribution in [3.63, 3.8) is 0 Å². The minimum Gasteiger partial charge on any atom is -0.496 e. The molecule has 0 aliphatic heterocycles. The molecule has 2 heteroatoms. The third-order valence-electron chi connectivity index (χ3n) is 4.30. The summed E-state index contributed by atoms with van der Waals surface area (Å²) < 4.78 is 5.53. The second-order valence-corrected chi connectivity index (χ2v) is 5.52. The Labute approximate surface area is 128 Å². The van der Waals surface area contributed by atoms with Gasteiger partial charge in [0.1, 0.15) is 5.75 Å². The molecule has 0 radical (unpaired) electrons. The van der Waals surface area contributed by atoms with E-state index in [9.17, 15) is 0 Å². The van der Waals surface area contributed by atoms with Crippen molar-refractivity contribution < 1.29 is 4.74 Å². The molecule has 0 aromatic heterocycles. The van der Waals surface area contributed by atoms with Gasteiger partial charge in [-0.1, -0.05) is 55.5 Å². The van der Waals surface area contributed by atoms with Crippen LogP contribution in [0.3, 0.4) is 0 Å². The van der Waals surface area contributed by atoms with E-state index in [0.29, 0.717) is 0 Å². The molecule has 0 saturated heterocycles. The van der Waals surface area contributed by atoms with Gasteiger partial charge in [0.05, 0.1) is 7.11 Å². The fourth-order valence-electron chi connectivity index (χ4n) is 3.06. The summed E-state index contributed by atoms with van der Waals surface area (Å²) in [6, 6.07) is 19.1. The number of methoxy groups -OCH3 is 1. The maximum absolute atomic E-state index is 5.53. The summed E-state index contributed by atoms with van der Waals surface area (Å²) in [4.78, 5) is 0. The minimum atomic E-state index is 0.0879. The lowest BCUT2D eigenvalue weighted by Crippen LogP contribution is -2.38. The molecule has 2 nitrogen and oxygen atoms in total. The number of hydrogen-bond donors (Lipinski definition) is 1. The van der Waals surface area contributed by atoms with Crippen molar-refractivity contribution in [3.8, 4) is 5.75 Å². The highest BCUT2D eigenvalue weighted by Gasteiger charge is 2.30. The van der Waals surface area contributed by atoms with Gasteiger partial charge in [-0.25, -0.2) is 0 Å². The molecule has 21 heavy (non-hydrogen) atoms. The van der Waals surface area contributed by atoms with Crippen LogP contribution in [0, 0.1) is 0 Å². The van der Waals surface area contributed by atoms with E-state index < -0.39 is 0 Å². The highest BCUT2D eigenvalue weighted by molar-refractivity contribution is 5.38. The van der Waals surface area contributed by atoms with Gasteiger partial charge >= 0.3 is 0 Å². The van der Waals surface area contributed by atoms with Crippen LogP contribution < -0.4 is 10.1 Å². The van der Waals surface area contributed by atoms with Crippen LogP contribution in [0.15, 0.2) is 54.6 Å². The average molecular weight is 283 g/mol. The van der Waals surface area contributed by atoms with Gasteiger partial charge in [0.25, 0.3) is 0 Å². The molecule has 2 aromatic rings. The van der Waals surface area contributed by atoms with Crippen LogP contribution in [0.2, 0.25) is 0 Å². The molecule has 1 atom stereocenters. The van der Waals surface area contributed by atoms with Crippen molar-refractivity contribution in [1.82, 2.24) is 5.32 Å². The number of likely N-dealkylation sites (N-methyl/N-ethyl adjacent to an activating group) is 1. The van der Waals surface area contributed by atoms with Crippen LogP contribution in [0.4, 0.5) is 0 Å². The summed E-state index contributed by atoms with van der Waals surface area (Å²) in [5.74, 6) is 0.974. The molecular weight excluding hydrogens is 258 g/mol. The van der Waals surface area contributed by atoms with Crippen molar-refractivity contribution in [2.24, 2.45) is 0 Å². The topological polar surface area (TPSA) is 21.3 Å². The first-order chi connectivity index (χ1) is 10.3. The van der Waals surface area contributed by atoms with Gasteiger partial charge in [-0.2, -0.15) is 0 Å². The number of hydrogen-bond acceptors (Lipinski definition) is 2. The van der Waals surface area contributed by atoms with E-state index in [-0.39, 0.29) is 5.41 Å². The Morgan fingerprint density at radius 2 is 1.67 bits per heavy atom. The monoisotopic (exact) mass is 283 g/mol. The van der Waals surface area contributed by atoms with Crippen molar-refractivity contribution in [2.75, 3.05) is 20.7 Å². The molecule has 0 saturated carbocycles. The largest absolute Gasteiger partial charge is 0.496 e. The van der Waals surface area contributed by atoms with Crippen molar-refractivity contribution in [3.05, 3.63) is 65.7 Å². The second-order valence-electron chi connectivity index (χ2n) is 5.52. The Bertz CT molecular complexity index is 553. The average Bonchev–Trinajstić information content (AvgIpc) is 2.55. The third kappa shape index (κ3) is 3.45. The van der Waals surface area contributed by atoms with E-state index in [0.717, 1.165) is 25.1 Å². The van der Waals surface area contributed by atoms with E-state index in [1.165, 1.54) is 11.1 Å². The Kier molecular flexibility index (Phi) is 5.40. The minimum absolute atomic E-state index is 0.0879. The lowest BCUT2D eigenvalue weighted by atomic mass is 9.73. The molecule has 0 heterocycles. The van der Waals surface area contributed by atoms with Gasteiger partial charge in [-0.3, -0.25) is 0 Å². The fourth-order valence-corrected chi connectivity index (χ4v) is 3.06. The number of rotatable bonds is 7. The summed E-state index contributed by atoms with van der Waals surface area (Å²) >= 11 is 0. The third-order valence-corrected chi connectivity index (χ3v) is 4.30. The van der Waals surface area contributed by atoms with Crippen molar-refractivity contribution in [2.45, 2.75) is 25.2 Å². The zero-order valence-corrected chi connectivity index (χ0v) is 13.2. The normalized spacial score (nSPS) is 13.7. The van der Waals surface area contributed by atoms with Gasteiger partial charge in [0, 0.05) is 12.0 Å². The fraction of sp³-hybridized carbons (Fsp3) is 0.368. The van der Waals surface area contributed by atoms with E-state index in [1.54, 1.807) is 7.11 Å². The molecule has 1 unspecified atom stereocenters.